The van der Waals surface area contributed by atoms with Crippen LogP contribution < -0.4 is 20.1 Å². The molecule has 10 nitrogen and oxygen atoms in total. The number of piperidine rings is 1. The van der Waals surface area contributed by atoms with Gasteiger partial charge in [-0.25, -0.2) is 0 Å². The summed E-state index contributed by atoms with van der Waals surface area (Å²) in [7, 11) is 4.94. The SMILES string of the molecule is COCCCN1CCOc2ccc(CO[C@H]3CN(C(=O)[C@H](C)N)[C@@H](C[C@](C)(O)COC)C[C@@H]3c3ccc(OC)cc3)cc21. The number of methoxy groups -OCH3 is 3. The van der Waals surface area contributed by atoms with Crippen LogP contribution in [0.25, 0.3) is 0 Å². The molecule has 0 spiro atoms. The Bertz CT molecular complexity index is 1170. The predicted octanol–water partition coefficient (Wildman–Crippen LogP) is 3.34. The number of likely N-dealkylation sites (tertiary alicyclic amines) is 1. The van der Waals surface area contributed by atoms with E-state index in [4.69, 9.17) is 29.4 Å². The molecule has 2 aliphatic heterocycles. The van der Waals surface area contributed by atoms with Crippen molar-refractivity contribution in [1.29, 1.82) is 0 Å². The standard InChI is InChI=1S/C33H49N3O7/c1-23(34)32(37)36-20-31(43-21-24-7-12-30-29(17-24)35(14-16-42-30)13-6-15-39-3)28(25-8-10-27(41-5)11-9-25)18-26(36)19-33(2,38)22-40-4/h7-12,17,23,26,28,31,38H,6,13-16,18-22,34H2,1-5H3/t23-,26+,28+,31-,33-/m0/s1. The second-order valence-electron chi connectivity index (χ2n) is 12.0. The summed E-state index contributed by atoms with van der Waals surface area (Å²) < 4.78 is 28.5. The highest BCUT2D eigenvalue weighted by Crippen LogP contribution is 2.39. The van der Waals surface area contributed by atoms with E-state index in [1.807, 2.05) is 24.3 Å². The number of nitrogens with two attached hydrogens (primary N) is 1. The van der Waals surface area contributed by atoms with Crippen molar-refractivity contribution in [3.8, 4) is 11.5 Å². The van der Waals surface area contributed by atoms with Crippen LogP contribution in [0.4, 0.5) is 5.69 Å². The van der Waals surface area contributed by atoms with Crippen LogP contribution in [0.2, 0.25) is 0 Å². The van der Waals surface area contributed by atoms with Crippen LogP contribution in [0.1, 0.15) is 50.2 Å². The molecular formula is C33H49N3O7. The largest absolute Gasteiger partial charge is 0.497 e. The Labute approximate surface area is 256 Å². The van der Waals surface area contributed by atoms with Gasteiger partial charge >= 0.3 is 0 Å². The van der Waals surface area contributed by atoms with E-state index >= 15 is 0 Å². The fourth-order valence-electron chi connectivity index (χ4n) is 6.26. The van der Waals surface area contributed by atoms with Crippen molar-refractivity contribution in [2.45, 2.75) is 69.4 Å². The number of nitrogens with zero attached hydrogens (tertiary/aromatic N) is 2. The summed E-state index contributed by atoms with van der Waals surface area (Å²) in [5.41, 5.74) is 8.19. The van der Waals surface area contributed by atoms with Crippen molar-refractivity contribution in [1.82, 2.24) is 4.90 Å². The van der Waals surface area contributed by atoms with Gasteiger partial charge in [0.25, 0.3) is 0 Å². The number of ether oxygens (including phenoxy) is 5. The molecule has 1 fully saturated rings. The van der Waals surface area contributed by atoms with Crippen molar-refractivity contribution >= 4 is 11.6 Å². The first-order valence-corrected chi connectivity index (χ1v) is 15.2. The minimum Gasteiger partial charge on any atom is -0.497 e. The Kier molecular flexibility index (Phi) is 11.7. The number of aliphatic hydroxyl groups is 1. The molecule has 4 rings (SSSR count). The zero-order valence-electron chi connectivity index (χ0n) is 26.3. The maximum atomic E-state index is 13.4. The number of hydrogen-bond donors (Lipinski definition) is 2. The fourth-order valence-corrected chi connectivity index (χ4v) is 6.26. The van der Waals surface area contributed by atoms with Crippen LogP contribution in [-0.2, 0) is 25.6 Å². The number of carbonyl (C=O) groups excluding carboxylic acids is 1. The van der Waals surface area contributed by atoms with Gasteiger partial charge in [0.05, 0.1) is 50.3 Å². The summed E-state index contributed by atoms with van der Waals surface area (Å²) in [5.74, 6) is 1.48. The predicted molar refractivity (Wildman–Crippen MR) is 166 cm³/mol. The van der Waals surface area contributed by atoms with Gasteiger partial charge in [0, 0.05) is 45.9 Å². The highest BCUT2D eigenvalue weighted by atomic mass is 16.5. The van der Waals surface area contributed by atoms with Crippen molar-refractivity contribution in [3.63, 3.8) is 0 Å². The molecule has 238 valence electrons. The monoisotopic (exact) mass is 599 g/mol. The number of benzene rings is 2. The number of hydrogen-bond acceptors (Lipinski definition) is 9. The Morgan fingerprint density at radius 3 is 2.60 bits per heavy atom. The molecule has 5 atom stereocenters. The van der Waals surface area contributed by atoms with Crippen LogP contribution >= 0.6 is 0 Å². The lowest BCUT2D eigenvalue weighted by atomic mass is 9.79. The third-order valence-corrected chi connectivity index (χ3v) is 8.36. The van der Waals surface area contributed by atoms with Crippen molar-refractivity contribution in [3.05, 3.63) is 53.6 Å². The molecule has 10 heteroatoms. The topological polar surface area (TPSA) is 116 Å². The minimum atomic E-state index is -1.10. The molecule has 2 aliphatic rings. The van der Waals surface area contributed by atoms with Crippen LogP contribution in [-0.4, -0.2) is 100 Å². The molecule has 2 aromatic rings. The first-order valence-electron chi connectivity index (χ1n) is 15.2. The molecule has 0 aliphatic carbocycles. The van der Waals surface area contributed by atoms with E-state index in [2.05, 4.69) is 23.1 Å². The van der Waals surface area contributed by atoms with Crippen molar-refractivity contribution in [2.75, 3.05) is 65.7 Å². The lowest BCUT2D eigenvalue weighted by Crippen LogP contribution is -2.57. The van der Waals surface area contributed by atoms with E-state index in [-0.39, 0.29) is 30.6 Å². The number of anilines is 1. The molecule has 0 unspecified atom stereocenters. The fraction of sp³-hybridized carbons (Fsp3) is 0.606. The van der Waals surface area contributed by atoms with Gasteiger partial charge in [-0.3, -0.25) is 4.79 Å². The molecule has 0 radical (unpaired) electrons. The average Bonchev–Trinajstić information content (AvgIpc) is 2.99. The first kappa shape index (κ1) is 33.0. The van der Waals surface area contributed by atoms with E-state index in [0.29, 0.717) is 39.2 Å². The van der Waals surface area contributed by atoms with E-state index in [9.17, 15) is 9.90 Å². The number of amides is 1. The van der Waals surface area contributed by atoms with Crippen LogP contribution in [0, 0.1) is 0 Å². The second kappa shape index (κ2) is 15.2. The zero-order valence-corrected chi connectivity index (χ0v) is 26.3. The summed E-state index contributed by atoms with van der Waals surface area (Å²) in [4.78, 5) is 17.5. The lowest BCUT2D eigenvalue weighted by molar-refractivity contribution is -0.145. The highest BCUT2D eigenvalue weighted by molar-refractivity contribution is 5.81. The average molecular weight is 600 g/mol. The molecule has 0 bridgehead atoms. The highest BCUT2D eigenvalue weighted by Gasteiger charge is 2.42. The third-order valence-electron chi connectivity index (χ3n) is 8.36. The summed E-state index contributed by atoms with van der Waals surface area (Å²) >= 11 is 0. The van der Waals surface area contributed by atoms with E-state index < -0.39 is 11.6 Å². The summed E-state index contributed by atoms with van der Waals surface area (Å²) in [6.45, 7) is 7.43. The van der Waals surface area contributed by atoms with Gasteiger partial charge in [0.1, 0.15) is 18.1 Å². The molecule has 1 amide bonds. The maximum absolute atomic E-state index is 13.4. The molecule has 2 heterocycles. The Morgan fingerprint density at radius 1 is 1.16 bits per heavy atom. The molecule has 43 heavy (non-hydrogen) atoms. The molecule has 2 aromatic carbocycles. The smallest absolute Gasteiger partial charge is 0.239 e. The molecule has 1 saturated heterocycles. The quantitative estimate of drug-likeness (QED) is 0.316. The number of fused-ring (bicyclic) bond motifs is 1. The maximum Gasteiger partial charge on any atom is 0.239 e. The normalized spacial score (nSPS) is 22.3. The first-order chi connectivity index (χ1) is 20.7. The van der Waals surface area contributed by atoms with Gasteiger partial charge in [-0.05, 0) is 68.5 Å². The van der Waals surface area contributed by atoms with E-state index in [1.165, 1.54) is 0 Å². The summed E-state index contributed by atoms with van der Waals surface area (Å²) in [6.07, 6.45) is 1.62. The molecule has 0 saturated carbocycles. The Hall–Kier alpha value is -2.89. The second-order valence-corrected chi connectivity index (χ2v) is 12.0. The number of rotatable bonds is 14. The molecular weight excluding hydrogens is 550 g/mol. The zero-order chi connectivity index (χ0) is 31.0. The van der Waals surface area contributed by atoms with Crippen molar-refractivity contribution < 1.29 is 33.6 Å². The summed E-state index contributed by atoms with van der Waals surface area (Å²) in [5, 5.41) is 11.1. The van der Waals surface area contributed by atoms with Crippen LogP contribution in [0.3, 0.4) is 0 Å². The van der Waals surface area contributed by atoms with E-state index in [1.54, 1.807) is 40.1 Å². The number of carbonyl (C=O) groups is 1. The van der Waals surface area contributed by atoms with Crippen LogP contribution in [0.5, 0.6) is 11.5 Å². The molecule has 0 aromatic heterocycles. The summed E-state index contributed by atoms with van der Waals surface area (Å²) in [6, 6.07) is 13.3. The van der Waals surface area contributed by atoms with Gasteiger partial charge in [-0.2, -0.15) is 0 Å². The Morgan fingerprint density at radius 2 is 1.93 bits per heavy atom. The van der Waals surface area contributed by atoms with Gasteiger partial charge in [-0.15, -0.1) is 0 Å². The minimum absolute atomic E-state index is 0.0158. The van der Waals surface area contributed by atoms with Gasteiger partial charge in [-0.1, -0.05) is 18.2 Å². The van der Waals surface area contributed by atoms with Crippen molar-refractivity contribution in [2.24, 2.45) is 5.73 Å². The van der Waals surface area contributed by atoms with Gasteiger partial charge in [0.2, 0.25) is 5.91 Å². The van der Waals surface area contributed by atoms with Gasteiger partial charge in [0.15, 0.2) is 0 Å². The molecule has 3 N–H and O–H groups in total. The van der Waals surface area contributed by atoms with Crippen LogP contribution in [0.15, 0.2) is 42.5 Å². The van der Waals surface area contributed by atoms with E-state index in [0.717, 1.165) is 47.8 Å². The Balaban J connectivity index is 1.59. The third kappa shape index (κ3) is 8.61. The van der Waals surface area contributed by atoms with Gasteiger partial charge < -0.3 is 44.3 Å². The lowest BCUT2D eigenvalue weighted by Gasteiger charge is -2.46.